The quantitative estimate of drug-likeness (QED) is 0.847. The van der Waals surface area contributed by atoms with Crippen LogP contribution in [0.15, 0.2) is 17.3 Å². The molecule has 0 radical (unpaired) electrons. The highest BCUT2D eigenvalue weighted by atomic mass is 32.2. The van der Waals surface area contributed by atoms with Crippen LogP contribution in [0.2, 0.25) is 0 Å². The van der Waals surface area contributed by atoms with E-state index in [9.17, 15) is 8.42 Å². The maximum Gasteiger partial charge on any atom is 0.243 e. The Labute approximate surface area is 117 Å². The predicted molar refractivity (Wildman–Crippen MR) is 76.8 cm³/mol. The molecular weight excluding hydrogens is 284 g/mol. The van der Waals surface area contributed by atoms with E-state index in [1.165, 1.54) is 12.4 Å². The molecule has 0 amide bonds. The maximum atomic E-state index is 12.2. The molecule has 2 rings (SSSR count). The van der Waals surface area contributed by atoms with Gasteiger partial charge in [0.15, 0.2) is 0 Å². The lowest BCUT2D eigenvalue weighted by atomic mass is 10.3. The van der Waals surface area contributed by atoms with Crippen molar-refractivity contribution < 1.29 is 8.42 Å². The van der Waals surface area contributed by atoms with Gasteiger partial charge in [-0.25, -0.2) is 23.1 Å². The molecule has 6 nitrogen and oxygen atoms in total. The van der Waals surface area contributed by atoms with Gasteiger partial charge >= 0.3 is 0 Å². The summed E-state index contributed by atoms with van der Waals surface area (Å²) in [5, 5.41) is 3.11. The number of aromatic nitrogens is 2. The van der Waals surface area contributed by atoms with Gasteiger partial charge in [0.1, 0.15) is 4.90 Å². The SMILES string of the molecule is CNc1ncc(S(=O)(=O)NC2CCCC2SC)cn1. The summed E-state index contributed by atoms with van der Waals surface area (Å²) in [5.74, 6) is 0.404. The fraction of sp³-hybridized carbons (Fsp3) is 0.636. The van der Waals surface area contributed by atoms with Crippen LogP contribution in [0.5, 0.6) is 0 Å². The van der Waals surface area contributed by atoms with Crippen molar-refractivity contribution in [2.75, 3.05) is 18.6 Å². The topological polar surface area (TPSA) is 84.0 Å². The Morgan fingerprint density at radius 3 is 2.58 bits per heavy atom. The zero-order chi connectivity index (χ0) is 13.9. The average molecular weight is 302 g/mol. The predicted octanol–water partition coefficient (Wildman–Crippen LogP) is 1.08. The summed E-state index contributed by atoms with van der Waals surface area (Å²) >= 11 is 1.71. The van der Waals surface area contributed by atoms with Crippen LogP contribution in [0.4, 0.5) is 5.95 Å². The Morgan fingerprint density at radius 1 is 1.32 bits per heavy atom. The van der Waals surface area contributed by atoms with Crippen molar-refractivity contribution in [1.29, 1.82) is 0 Å². The zero-order valence-electron chi connectivity index (χ0n) is 11.0. The van der Waals surface area contributed by atoms with Gasteiger partial charge < -0.3 is 5.32 Å². The second kappa shape index (κ2) is 6.06. The third kappa shape index (κ3) is 3.37. The summed E-state index contributed by atoms with van der Waals surface area (Å²) in [6.45, 7) is 0. The van der Waals surface area contributed by atoms with Crippen molar-refractivity contribution in [3.05, 3.63) is 12.4 Å². The highest BCUT2D eigenvalue weighted by Gasteiger charge is 2.30. The number of sulfonamides is 1. The summed E-state index contributed by atoms with van der Waals surface area (Å²) in [4.78, 5) is 7.97. The van der Waals surface area contributed by atoms with Gasteiger partial charge in [0.2, 0.25) is 16.0 Å². The molecule has 2 atom stereocenters. The lowest BCUT2D eigenvalue weighted by molar-refractivity contribution is 0.554. The zero-order valence-corrected chi connectivity index (χ0v) is 12.6. The van der Waals surface area contributed by atoms with E-state index < -0.39 is 10.0 Å². The third-order valence-corrected chi connectivity index (χ3v) is 5.84. The van der Waals surface area contributed by atoms with Crippen molar-refractivity contribution in [1.82, 2.24) is 14.7 Å². The molecule has 1 aliphatic carbocycles. The first-order valence-corrected chi connectivity index (χ1v) is 8.89. The smallest absolute Gasteiger partial charge is 0.243 e. The molecule has 2 unspecified atom stereocenters. The largest absolute Gasteiger partial charge is 0.357 e. The van der Waals surface area contributed by atoms with Crippen LogP contribution < -0.4 is 10.0 Å². The number of anilines is 1. The van der Waals surface area contributed by atoms with Crippen LogP contribution in [-0.4, -0.2) is 43.0 Å². The fourth-order valence-corrected chi connectivity index (χ4v) is 4.42. The highest BCUT2D eigenvalue weighted by molar-refractivity contribution is 7.99. The van der Waals surface area contributed by atoms with Crippen molar-refractivity contribution in [2.24, 2.45) is 0 Å². The molecule has 1 aromatic heterocycles. The van der Waals surface area contributed by atoms with E-state index in [-0.39, 0.29) is 10.9 Å². The summed E-state index contributed by atoms with van der Waals surface area (Å²) in [6, 6.07) is 0.00368. The first-order valence-electron chi connectivity index (χ1n) is 6.11. The van der Waals surface area contributed by atoms with Gasteiger partial charge in [0.25, 0.3) is 0 Å². The van der Waals surface area contributed by atoms with Crippen molar-refractivity contribution in [3.63, 3.8) is 0 Å². The average Bonchev–Trinajstić information content (AvgIpc) is 2.85. The molecule has 0 saturated heterocycles. The number of nitrogens with one attached hydrogen (secondary N) is 2. The van der Waals surface area contributed by atoms with E-state index in [0.717, 1.165) is 19.3 Å². The Bertz CT molecular complexity index is 518. The summed E-state index contributed by atoms with van der Waals surface area (Å²) in [7, 11) is -1.84. The van der Waals surface area contributed by atoms with Crippen LogP contribution in [-0.2, 0) is 10.0 Å². The molecule has 0 aromatic carbocycles. The van der Waals surface area contributed by atoms with Gasteiger partial charge in [-0.1, -0.05) is 6.42 Å². The maximum absolute atomic E-state index is 12.2. The second-order valence-electron chi connectivity index (χ2n) is 4.43. The molecule has 106 valence electrons. The van der Waals surface area contributed by atoms with E-state index in [1.54, 1.807) is 18.8 Å². The highest BCUT2D eigenvalue weighted by Crippen LogP contribution is 2.29. The van der Waals surface area contributed by atoms with Crippen molar-refractivity contribution >= 4 is 27.7 Å². The standard InChI is InChI=1S/C11H18N4O2S2/c1-12-11-13-6-8(7-14-11)19(16,17)15-9-4-3-5-10(9)18-2/h6-7,9-10,15H,3-5H2,1-2H3,(H,12,13,14). The van der Waals surface area contributed by atoms with Gasteiger partial charge in [0.05, 0.1) is 12.4 Å². The van der Waals surface area contributed by atoms with Crippen LogP contribution in [0.25, 0.3) is 0 Å². The van der Waals surface area contributed by atoms with E-state index >= 15 is 0 Å². The molecule has 1 fully saturated rings. The molecule has 2 N–H and O–H groups in total. The molecule has 1 heterocycles. The lowest BCUT2D eigenvalue weighted by Crippen LogP contribution is -2.38. The fourth-order valence-electron chi connectivity index (χ4n) is 2.19. The van der Waals surface area contributed by atoms with Gasteiger partial charge in [-0.2, -0.15) is 11.8 Å². The van der Waals surface area contributed by atoms with Crippen LogP contribution in [0, 0.1) is 0 Å². The van der Waals surface area contributed by atoms with E-state index in [0.29, 0.717) is 11.2 Å². The molecule has 19 heavy (non-hydrogen) atoms. The van der Waals surface area contributed by atoms with Crippen molar-refractivity contribution in [2.45, 2.75) is 35.4 Å². The number of hydrogen-bond acceptors (Lipinski definition) is 6. The van der Waals surface area contributed by atoms with E-state index in [2.05, 4.69) is 20.0 Å². The Balaban J connectivity index is 2.13. The van der Waals surface area contributed by atoms with E-state index in [4.69, 9.17) is 0 Å². The molecule has 1 aliphatic rings. The molecule has 1 aromatic rings. The minimum Gasteiger partial charge on any atom is -0.357 e. The number of nitrogens with zero attached hydrogens (tertiary/aromatic N) is 2. The molecule has 0 bridgehead atoms. The van der Waals surface area contributed by atoms with Gasteiger partial charge in [-0.05, 0) is 19.1 Å². The first-order chi connectivity index (χ1) is 9.06. The summed E-state index contributed by atoms with van der Waals surface area (Å²) < 4.78 is 27.2. The van der Waals surface area contributed by atoms with Gasteiger partial charge in [-0.15, -0.1) is 0 Å². The van der Waals surface area contributed by atoms with Crippen LogP contribution in [0.1, 0.15) is 19.3 Å². The minimum atomic E-state index is -3.53. The van der Waals surface area contributed by atoms with Gasteiger partial charge in [-0.3, -0.25) is 0 Å². The minimum absolute atomic E-state index is 0.00368. The Hall–Kier alpha value is -0.860. The monoisotopic (exact) mass is 302 g/mol. The van der Waals surface area contributed by atoms with Crippen LogP contribution >= 0.6 is 11.8 Å². The van der Waals surface area contributed by atoms with Crippen molar-refractivity contribution in [3.8, 4) is 0 Å². The van der Waals surface area contributed by atoms with Crippen LogP contribution in [0.3, 0.4) is 0 Å². The van der Waals surface area contributed by atoms with E-state index in [1.807, 2.05) is 6.26 Å². The third-order valence-electron chi connectivity index (χ3n) is 3.22. The molecule has 1 saturated carbocycles. The Morgan fingerprint density at radius 2 is 2.00 bits per heavy atom. The normalized spacial score (nSPS) is 23.5. The number of thioether (sulfide) groups is 1. The summed E-state index contributed by atoms with van der Waals surface area (Å²) in [5.41, 5.74) is 0. The second-order valence-corrected chi connectivity index (χ2v) is 7.22. The number of hydrogen-bond donors (Lipinski definition) is 2. The molecule has 0 spiro atoms. The summed E-state index contributed by atoms with van der Waals surface area (Å²) in [6.07, 6.45) is 7.67. The lowest BCUT2D eigenvalue weighted by Gasteiger charge is -2.18. The van der Waals surface area contributed by atoms with Gasteiger partial charge in [0, 0.05) is 18.3 Å². The molecular formula is C11H18N4O2S2. The molecule has 0 aliphatic heterocycles. The molecule has 8 heteroatoms. The Kier molecular flexibility index (Phi) is 4.64. The number of rotatable bonds is 5. The first kappa shape index (κ1) is 14.5.